The summed E-state index contributed by atoms with van der Waals surface area (Å²) in [7, 11) is 0. The van der Waals surface area contributed by atoms with E-state index in [1.807, 2.05) is 27.7 Å². The highest BCUT2D eigenvalue weighted by molar-refractivity contribution is 9.09. The molecule has 21 heavy (non-hydrogen) atoms. The van der Waals surface area contributed by atoms with Crippen LogP contribution >= 0.6 is 27.7 Å². The van der Waals surface area contributed by atoms with E-state index in [1.54, 1.807) is 11.0 Å². The van der Waals surface area contributed by atoms with Gasteiger partial charge in [0.1, 0.15) is 5.60 Å². The second kappa shape index (κ2) is 7.49. The number of hydrogen-bond donors (Lipinski definition) is 0. The van der Waals surface area contributed by atoms with Crippen molar-refractivity contribution in [3.63, 3.8) is 0 Å². The number of Topliss-reactive ketones (excluding diaryl/α,β-unsaturated/α-hetero) is 1. The highest BCUT2D eigenvalue weighted by Gasteiger charge is 2.35. The fourth-order valence-corrected chi connectivity index (χ4v) is 3.11. The van der Waals surface area contributed by atoms with Crippen molar-refractivity contribution >= 4 is 39.6 Å². The van der Waals surface area contributed by atoms with Gasteiger partial charge in [-0.3, -0.25) is 4.79 Å². The Balaban J connectivity index is 2.45. The van der Waals surface area contributed by atoms with Crippen molar-refractivity contribution in [1.82, 2.24) is 4.90 Å². The van der Waals surface area contributed by atoms with E-state index >= 15 is 0 Å². The number of allylic oxidation sites excluding steroid dienone is 2. The Morgan fingerprint density at radius 3 is 2.43 bits per heavy atom. The van der Waals surface area contributed by atoms with Crippen molar-refractivity contribution in [3.05, 3.63) is 22.5 Å². The van der Waals surface area contributed by atoms with Gasteiger partial charge < -0.3 is 9.64 Å². The van der Waals surface area contributed by atoms with Crippen LogP contribution in [0.5, 0.6) is 0 Å². The van der Waals surface area contributed by atoms with Gasteiger partial charge in [0.25, 0.3) is 0 Å². The summed E-state index contributed by atoms with van der Waals surface area (Å²) in [5.41, 5.74) is -0.478. The van der Waals surface area contributed by atoms with Crippen LogP contribution in [0.2, 0.25) is 0 Å². The predicted molar refractivity (Wildman–Crippen MR) is 90.6 cm³/mol. The van der Waals surface area contributed by atoms with E-state index < -0.39 is 5.60 Å². The van der Waals surface area contributed by atoms with Crippen LogP contribution in [0.25, 0.3) is 0 Å². The van der Waals surface area contributed by atoms with Crippen molar-refractivity contribution in [1.29, 1.82) is 0 Å². The number of rotatable bonds is 5. The minimum absolute atomic E-state index is 0.0481. The molecule has 1 aliphatic rings. The quantitative estimate of drug-likeness (QED) is 0.538. The second-order valence-corrected chi connectivity index (χ2v) is 7.59. The van der Waals surface area contributed by atoms with Crippen LogP contribution < -0.4 is 0 Å². The average Bonchev–Trinajstić information content (AvgIpc) is 2.30. The number of amides is 1. The third-order valence-electron chi connectivity index (χ3n) is 2.89. The van der Waals surface area contributed by atoms with Gasteiger partial charge in [0, 0.05) is 19.0 Å². The molecule has 0 aromatic heterocycles. The van der Waals surface area contributed by atoms with Crippen LogP contribution in [0.15, 0.2) is 22.5 Å². The summed E-state index contributed by atoms with van der Waals surface area (Å²) < 4.78 is 5.31. The molecule has 6 heteroatoms. The predicted octanol–water partition coefficient (Wildman–Crippen LogP) is 3.97. The zero-order valence-corrected chi connectivity index (χ0v) is 15.3. The van der Waals surface area contributed by atoms with Gasteiger partial charge in [-0.05, 0) is 32.6 Å². The fourth-order valence-electron chi connectivity index (χ4n) is 1.73. The highest BCUT2D eigenvalue weighted by atomic mass is 79.9. The molecule has 0 aliphatic carbocycles. The molecular weight excluding hydrogens is 354 g/mol. The number of thioether (sulfide) groups is 1. The lowest BCUT2D eigenvalue weighted by atomic mass is 10.0. The van der Waals surface area contributed by atoms with Crippen molar-refractivity contribution in [3.8, 4) is 0 Å². The maximum Gasteiger partial charge on any atom is 0.410 e. The van der Waals surface area contributed by atoms with Crippen molar-refractivity contribution in [2.75, 3.05) is 18.4 Å². The van der Waals surface area contributed by atoms with Crippen LogP contribution in [-0.2, 0) is 9.53 Å². The molecule has 0 unspecified atom stereocenters. The fraction of sp³-hybridized carbons (Fsp3) is 0.600. The Labute approximate surface area is 139 Å². The third kappa shape index (κ3) is 5.51. The van der Waals surface area contributed by atoms with Crippen LogP contribution in [-0.4, -0.2) is 40.8 Å². The van der Waals surface area contributed by atoms with Gasteiger partial charge in [-0.15, -0.1) is 0 Å². The lowest BCUT2D eigenvalue weighted by Crippen LogP contribution is -2.51. The number of alkyl halides is 1. The Morgan fingerprint density at radius 2 is 2.00 bits per heavy atom. The number of carbonyl (C=O) groups excluding carboxylic acids is 2. The summed E-state index contributed by atoms with van der Waals surface area (Å²) in [6, 6.07) is 0. The highest BCUT2D eigenvalue weighted by Crippen LogP contribution is 2.35. The average molecular weight is 376 g/mol. The molecule has 0 radical (unpaired) electrons. The van der Waals surface area contributed by atoms with E-state index in [0.717, 1.165) is 4.91 Å². The number of hydrogen-bond acceptors (Lipinski definition) is 4. The second-order valence-electron chi connectivity index (χ2n) is 5.86. The standard InChI is InChI=1S/C15H22BrNO3S/c1-6-13(12(18)7-16)21-10(2)11-8-17(9-11)14(19)20-15(3,4)5/h6,11H,2,7-9H2,1,3-5H3/b13-6-. The topological polar surface area (TPSA) is 46.6 Å². The summed E-state index contributed by atoms with van der Waals surface area (Å²) in [5, 5.41) is 0.307. The number of carbonyl (C=O) groups is 2. The Hall–Kier alpha value is -0.750. The van der Waals surface area contributed by atoms with E-state index in [4.69, 9.17) is 4.74 Å². The van der Waals surface area contributed by atoms with Gasteiger partial charge in [-0.2, -0.15) is 0 Å². The lowest BCUT2D eigenvalue weighted by Gasteiger charge is -2.40. The van der Waals surface area contributed by atoms with Crippen LogP contribution in [0.1, 0.15) is 27.7 Å². The first-order valence-corrected chi connectivity index (χ1v) is 8.71. The molecular formula is C15H22BrNO3S. The van der Waals surface area contributed by atoms with E-state index in [0.29, 0.717) is 23.3 Å². The molecule has 0 aromatic carbocycles. The van der Waals surface area contributed by atoms with Gasteiger partial charge in [0.2, 0.25) is 0 Å². The first-order valence-electron chi connectivity index (χ1n) is 6.78. The van der Waals surface area contributed by atoms with Crippen molar-refractivity contribution in [2.45, 2.75) is 33.3 Å². The molecule has 1 aliphatic heterocycles. The Kier molecular flexibility index (Phi) is 6.53. The van der Waals surface area contributed by atoms with Crippen LogP contribution in [0.4, 0.5) is 4.79 Å². The SMILES string of the molecule is C=C(S/C(=C\C)C(=O)CBr)C1CN(C(=O)OC(C)(C)C)C1. The summed E-state index contributed by atoms with van der Waals surface area (Å²) in [5.74, 6) is 0.257. The Bertz CT molecular complexity index is 462. The molecule has 4 nitrogen and oxygen atoms in total. The van der Waals surface area contributed by atoms with Crippen molar-refractivity contribution in [2.24, 2.45) is 5.92 Å². The monoisotopic (exact) mass is 375 g/mol. The largest absolute Gasteiger partial charge is 0.444 e. The normalized spacial score (nSPS) is 16.4. The maximum absolute atomic E-state index is 11.8. The molecule has 118 valence electrons. The van der Waals surface area contributed by atoms with Gasteiger partial charge in [0.05, 0.1) is 10.2 Å². The number of halogens is 1. The number of nitrogens with zero attached hydrogens (tertiary/aromatic N) is 1. The van der Waals surface area contributed by atoms with Gasteiger partial charge in [0.15, 0.2) is 5.78 Å². The molecule has 0 spiro atoms. The molecule has 1 saturated heterocycles. The van der Waals surface area contributed by atoms with Gasteiger partial charge in [-0.1, -0.05) is 40.3 Å². The first-order chi connectivity index (χ1) is 9.67. The summed E-state index contributed by atoms with van der Waals surface area (Å²) in [6.45, 7) is 12.6. The Morgan fingerprint density at radius 1 is 1.43 bits per heavy atom. The molecule has 1 amide bonds. The van der Waals surface area contributed by atoms with Crippen LogP contribution in [0, 0.1) is 5.92 Å². The van der Waals surface area contributed by atoms with Gasteiger partial charge in [-0.25, -0.2) is 4.79 Å². The summed E-state index contributed by atoms with van der Waals surface area (Å²) in [6.07, 6.45) is 1.50. The molecule has 0 aromatic rings. The molecule has 0 atom stereocenters. The molecule has 1 heterocycles. The number of ether oxygens (including phenoxy) is 1. The number of ketones is 1. The summed E-state index contributed by atoms with van der Waals surface area (Å²) in [4.78, 5) is 26.8. The maximum atomic E-state index is 11.8. The third-order valence-corrected chi connectivity index (χ3v) is 4.68. The van der Waals surface area contributed by atoms with Gasteiger partial charge >= 0.3 is 6.09 Å². The molecule has 1 rings (SSSR count). The minimum atomic E-state index is -0.478. The zero-order valence-electron chi connectivity index (χ0n) is 12.9. The zero-order chi connectivity index (χ0) is 16.2. The van der Waals surface area contributed by atoms with Crippen LogP contribution in [0.3, 0.4) is 0 Å². The first kappa shape index (κ1) is 18.3. The lowest BCUT2D eigenvalue weighted by molar-refractivity contribution is -0.112. The van der Waals surface area contributed by atoms with E-state index in [2.05, 4.69) is 22.5 Å². The summed E-state index contributed by atoms with van der Waals surface area (Å²) >= 11 is 4.56. The minimum Gasteiger partial charge on any atom is -0.444 e. The molecule has 0 bridgehead atoms. The van der Waals surface area contributed by atoms with Crippen molar-refractivity contribution < 1.29 is 14.3 Å². The molecule has 0 saturated carbocycles. The molecule has 1 fully saturated rings. The smallest absolute Gasteiger partial charge is 0.410 e. The number of likely N-dealkylation sites (tertiary alicyclic amines) is 1. The van der Waals surface area contributed by atoms with E-state index in [1.165, 1.54) is 11.8 Å². The molecule has 0 N–H and O–H groups in total. The van der Waals surface area contributed by atoms with E-state index in [9.17, 15) is 9.59 Å². The van der Waals surface area contributed by atoms with E-state index in [-0.39, 0.29) is 17.8 Å².